The first-order valence-corrected chi connectivity index (χ1v) is 13.3. The molecule has 2 aromatic rings. The van der Waals surface area contributed by atoms with Gasteiger partial charge in [0.1, 0.15) is 11.5 Å². The SMILES string of the molecule is Cc1sc(N2CCN(C(=O)c3cnc(NCC4CCCC4)c(C(C)C)n3)C(C)(C)C2)nc1C(=O)O. The first kappa shape index (κ1) is 25.3. The topological polar surface area (TPSA) is 112 Å². The summed E-state index contributed by atoms with van der Waals surface area (Å²) in [6.07, 6.45) is 6.71. The van der Waals surface area contributed by atoms with Crippen LogP contribution < -0.4 is 10.2 Å². The molecule has 1 saturated carbocycles. The minimum absolute atomic E-state index is 0.0967. The molecule has 0 atom stereocenters. The van der Waals surface area contributed by atoms with E-state index in [-0.39, 0.29) is 17.5 Å². The summed E-state index contributed by atoms with van der Waals surface area (Å²) in [6.45, 7) is 12.5. The molecule has 9 nitrogen and oxygen atoms in total. The van der Waals surface area contributed by atoms with Gasteiger partial charge in [-0.05, 0) is 45.4 Å². The highest BCUT2D eigenvalue weighted by Gasteiger charge is 2.39. The lowest BCUT2D eigenvalue weighted by Crippen LogP contribution is -2.61. The number of piperazine rings is 1. The number of thiazole rings is 1. The summed E-state index contributed by atoms with van der Waals surface area (Å²) in [4.78, 5) is 43.3. The number of nitrogens with one attached hydrogen (secondary N) is 1. The predicted molar refractivity (Wildman–Crippen MR) is 138 cm³/mol. The molecule has 1 saturated heterocycles. The molecule has 190 valence electrons. The number of aromatic carboxylic acids is 1. The van der Waals surface area contributed by atoms with E-state index in [4.69, 9.17) is 4.98 Å². The van der Waals surface area contributed by atoms with Gasteiger partial charge in [0.2, 0.25) is 0 Å². The molecule has 2 N–H and O–H groups in total. The molecule has 1 aliphatic carbocycles. The van der Waals surface area contributed by atoms with E-state index in [1.165, 1.54) is 37.0 Å². The van der Waals surface area contributed by atoms with Crippen molar-refractivity contribution in [2.45, 2.75) is 71.8 Å². The zero-order valence-electron chi connectivity index (χ0n) is 21.3. The highest BCUT2D eigenvalue weighted by molar-refractivity contribution is 7.15. The number of hydrogen-bond donors (Lipinski definition) is 2. The lowest BCUT2D eigenvalue weighted by Gasteiger charge is -2.47. The number of aryl methyl sites for hydroxylation is 1. The van der Waals surface area contributed by atoms with E-state index in [1.54, 1.807) is 13.1 Å². The lowest BCUT2D eigenvalue weighted by atomic mass is 9.98. The molecule has 1 aliphatic heterocycles. The molecule has 4 rings (SSSR count). The molecule has 0 spiro atoms. The van der Waals surface area contributed by atoms with Crippen molar-refractivity contribution in [3.05, 3.63) is 28.2 Å². The summed E-state index contributed by atoms with van der Waals surface area (Å²) in [6, 6.07) is 0. The van der Waals surface area contributed by atoms with E-state index in [1.807, 2.05) is 18.7 Å². The van der Waals surface area contributed by atoms with Crippen LogP contribution in [0, 0.1) is 12.8 Å². The number of carboxylic acid groups (broad SMARTS) is 1. The molecule has 35 heavy (non-hydrogen) atoms. The van der Waals surface area contributed by atoms with Gasteiger partial charge in [-0.3, -0.25) is 4.79 Å². The third-order valence-corrected chi connectivity index (χ3v) is 8.04. The smallest absolute Gasteiger partial charge is 0.355 e. The zero-order chi connectivity index (χ0) is 25.3. The van der Waals surface area contributed by atoms with Crippen LogP contribution in [0.2, 0.25) is 0 Å². The largest absolute Gasteiger partial charge is 0.476 e. The molecule has 1 amide bonds. The Morgan fingerprint density at radius 1 is 1.23 bits per heavy atom. The number of rotatable bonds is 7. The fraction of sp³-hybridized carbons (Fsp3) is 0.640. The number of anilines is 2. The van der Waals surface area contributed by atoms with Crippen molar-refractivity contribution in [1.29, 1.82) is 0 Å². The van der Waals surface area contributed by atoms with E-state index < -0.39 is 11.5 Å². The average molecular weight is 501 g/mol. The number of nitrogens with zero attached hydrogens (tertiary/aromatic N) is 5. The van der Waals surface area contributed by atoms with Gasteiger partial charge in [-0.25, -0.2) is 19.7 Å². The van der Waals surface area contributed by atoms with Crippen molar-refractivity contribution in [2.75, 3.05) is 36.4 Å². The normalized spacial score (nSPS) is 18.3. The predicted octanol–water partition coefficient (Wildman–Crippen LogP) is 4.41. The first-order chi connectivity index (χ1) is 16.6. The minimum Gasteiger partial charge on any atom is -0.476 e. The molecular formula is C25H36N6O3S. The van der Waals surface area contributed by atoms with Crippen LogP contribution in [0.5, 0.6) is 0 Å². The second-order valence-corrected chi connectivity index (χ2v) is 11.8. The molecule has 0 bridgehead atoms. The first-order valence-electron chi connectivity index (χ1n) is 12.4. The highest BCUT2D eigenvalue weighted by atomic mass is 32.1. The third kappa shape index (κ3) is 5.42. The fourth-order valence-electron chi connectivity index (χ4n) is 5.05. The average Bonchev–Trinajstić information content (AvgIpc) is 3.46. The van der Waals surface area contributed by atoms with Crippen LogP contribution >= 0.6 is 11.3 Å². The Balaban J connectivity index is 1.49. The summed E-state index contributed by atoms with van der Waals surface area (Å²) in [7, 11) is 0. The molecule has 2 fully saturated rings. The Morgan fingerprint density at radius 2 is 1.94 bits per heavy atom. The van der Waals surface area contributed by atoms with Crippen molar-refractivity contribution in [2.24, 2.45) is 5.92 Å². The fourth-order valence-corrected chi connectivity index (χ4v) is 5.98. The van der Waals surface area contributed by atoms with Crippen molar-refractivity contribution in [3.63, 3.8) is 0 Å². The maximum absolute atomic E-state index is 13.6. The zero-order valence-corrected chi connectivity index (χ0v) is 22.1. The van der Waals surface area contributed by atoms with Crippen molar-refractivity contribution in [3.8, 4) is 0 Å². The Kier molecular flexibility index (Phi) is 7.30. The molecule has 2 aliphatic rings. The van der Waals surface area contributed by atoms with Crippen LogP contribution in [0.25, 0.3) is 0 Å². The number of carbonyl (C=O) groups excluding carboxylic acids is 1. The second kappa shape index (κ2) is 10.1. The van der Waals surface area contributed by atoms with Crippen LogP contribution in [0.4, 0.5) is 10.9 Å². The standard InChI is InChI=1S/C25H36N6O3S/c1-15(2)19-21(26-12-17-8-6-7-9-17)27-13-18(28-19)22(32)31-11-10-30(14-25(31,4)5)24-29-20(23(33)34)16(3)35-24/h13,15,17H,6-12,14H2,1-5H3,(H,26,27)(H,33,34). The Labute approximate surface area is 211 Å². The van der Waals surface area contributed by atoms with Gasteiger partial charge in [0.05, 0.1) is 17.4 Å². The molecule has 2 aromatic heterocycles. The van der Waals surface area contributed by atoms with Gasteiger partial charge < -0.3 is 20.2 Å². The van der Waals surface area contributed by atoms with Gasteiger partial charge in [0.15, 0.2) is 10.8 Å². The number of carbonyl (C=O) groups is 2. The third-order valence-electron chi connectivity index (χ3n) is 7.00. The minimum atomic E-state index is -1.02. The number of carboxylic acids is 1. The Bertz CT molecular complexity index is 1090. The van der Waals surface area contributed by atoms with Gasteiger partial charge in [0, 0.05) is 31.1 Å². The second-order valence-electron chi connectivity index (χ2n) is 10.6. The number of hydrogen-bond acceptors (Lipinski definition) is 8. The summed E-state index contributed by atoms with van der Waals surface area (Å²) >= 11 is 1.38. The van der Waals surface area contributed by atoms with Crippen molar-refractivity contribution in [1.82, 2.24) is 19.9 Å². The summed E-state index contributed by atoms with van der Waals surface area (Å²) in [5.41, 5.74) is 0.793. The van der Waals surface area contributed by atoms with E-state index in [0.717, 1.165) is 18.1 Å². The molecular weight excluding hydrogens is 464 g/mol. The van der Waals surface area contributed by atoms with E-state index in [2.05, 4.69) is 34.0 Å². The monoisotopic (exact) mass is 500 g/mol. The Hall–Kier alpha value is -2.75. The maximum atomic E-state index is 13.6. The van der Waals surface area contributed by atoms with Crippen LogP contribution in [0.1, 0.15) is 90.8 Å². The van der Waals surface area contributed by atoms with Crippen LogP contribution in [0.3, 0.4) is 0 Å². The molecule has 0 unspecified atom stereocenters. The summed E-state index contributed by atoms with van der Waals surface area (Å²) < 4.78 is 0. The molecule has 0 radical (unpaired) electrons. The quantitative estimate of drug-likeness (QED) is 0.575. The van der Waals surface area contributed by atoms with Gasteiger partial charge in [0.25, 0.3) is 5.91 Å². The number of aromatic nitrogens is 3. The lowest BCUT2D eigenvalue weighted by molar-refractivity contribution is 0.0507. The molecule has 10 heteroatoms. The summed E-state index contributed by atoms with van der Waals surface area (Å²) in [5.74, 6) is 0.457. The van der Waals surface area contributed by atoms with Crippen LogP contribution in [-0.2, 0) is 0 Å². The van der Waals surface area contributed by atoms with E-state index in [9.17, 15) is 14.7 Å². The van der Waals surface area contributed by atoms with Gasteiger partial charge >= 0.3 is 5.97 Å². The maximum Gasteiger partial charge on any atom is 0.355 e. The highest BCUT2D eigenvalue weighted by Crippen LogP contribution is 2.32. The van der Waals surface area contributed by atoms with E-state index in [0.29, 0.717) is 41.3 Å². The van der Waals surface area contributed by atoms with Gasteiger partial charge in [-0.1, -0.05) is 26.7 Å². The molecule has 0 aromatic carbocycles. The Morgan fingerprint density at radius 3 is 2.54 bits per heavy atom. The van der Waals surface area contributed by atoms with Gasteiger partial charge in [-0.15, -0.1) is 11.3 Å². The van der Waals surface area contributed by atoms with Crippen molar-refractivity contribution >= 4 is 34.2 Å². The van der Waals surface area contributed by atoms with E-state index >= 15 is 0 Å². The van der Waals surface area contributed by atoms with Crippen LogP contribution in [0.15, 0.2) is 6.20 Å². The molecule has 3 heterocycles. The summed E-state index contributed by atoms with van der Waals surface area (Å²) in [5, 5.41) is 13.5. The van der Waals surface area contributed by atoms with Crippen LogP contribution in [-0.4, -0.2) is 68.6 Å². The number of amides is 1. The van der Waals surface area contributed by atoms with Crippen molar-refractivity contribution < 1.29 is 14.7 Å². The van der Waals surface area contributed by atoms with Gasteiger partial charge in [-0.2, -0.15) is 0 Å².